The van der Waals surface area contributed by atoms with Crippen LogP contribution in [0.1, 0.15) is 39.0 Å². The molecule has 0 unspecified atom stereocenters. The fourth-order valence-electron chi connectivity index (χ4n) is 2.82. The second-order valence-electron chi connectivity index (χ2n) is 6.02. The number of rotatable bonds is 6. The summed E-state index contributed by atoms with van der Waals surface area (Å²) in [6.45, 7) is 3.45. The molecule has 1 fully saturated rings. The predicted octanol–water partition coefficient (Wildman–Crippen LogP) is 1.43. The van der Waals surface area contributed by atoms with Crippen LogP contribution in [0.3, 0.4) is 0 Å². The molecule has 6 nitrogen and oxygen atoms in total. The Morgan fingerprint density at radius 2 is 2.05 bits per heavy atom. The summed E-state index contributed by atoms with van der Waals surface area (Å²) in [6, 6.07) is 0.110. The third-order valence-corrected chi connectivity index (χ3v) is 6.24. The van der Waals surface area contributed by atoms with Gasteiger partial charge in [0.2, 0.25) is 10.0 Å². The molecule has 0 radical (unpaired) electrons. The summed E-state index contributed by atoms with van der Waals surface area (Å²) in [5, 5.41) is 4.11. The van der Waals surface area contributed by atoms with Gasteiger partial charge in [0.25, 0.3) is 0 Å². The van der Waals surface area contributed by atoms with Crippen LogP contribution in [0.15, 0.2) is 17.3 Å². The highest BCUT2D eigenvalue weighted by molar-refractivity contribution is 7.89. The molecule has 2 rings (SSSR count). The van der Waals surface area contributed by atoms with Gasteiger partial charge in [0, 0.05) is 25.8 Å². The first-order chi connectivity index (χ1) is 9.95. The highest BCUT2D eigenvalue weighted by atomic mass is 32.2. The summed E-state index contributed by atoms with van der Waals surface area (Å²) in [4.78, 5) is 0.278. The monoisotopic (exact) mass is 314 g/mol. The van der Waals surface area contributed by atoms with E-state index in [9.17, 15) is 8.42 Å². The first-order valence-electron chi connectivity index (χ1n) is 7.65. The average Bonchev–Trinajstić information content (AvgIpc) is 2.94. The van der Waals surface area contributed by atoms with Gasteiger partial charge in [-0.2, -0.15) is 9.40 Å². The van der Waals surface area contributed by atoms with E-state index in [2.05, 4.69) is 12.0 Å². The number of sulfonamides is 1. The SMILES string of the molecule is CC1CCC(N(C)S(=O)(=O)c2cnn(CCCN)c2)CC1. The number of aryl methyl sites for hydroxylation is 1. The molecule has 1 aliphatic rings. The molecule has 120 valence electrons. The van der Waals surface area contributed by atoms with E-state index in [1.165, 1.54) is 10.5 Å². The Hall–Kier alpha value is -0.920. The fraction of sp³-hybridized carbons (Fsp3) is 0.786. The second kappa shape index (κ2) is 6.89. The van der Waals surface area contributed by atoms with Gasteiger partial charge in [-0.05, 0) is 44.6 Å². The van der Waals surface area contributed by atoms with Crippen molar-refractivity contribution in [2.75, 3.05) is 13.6 Å². The van der Waals surface area contributed by atoms with Crippen LogP contribution in [0.25, 0.3) is 0 Å². The van der Waals surface area contributed by atoms with Crippen LogP contribution >= 0.6 is 0 Å². The Morgan fingerprint density at radius 1 is 1.38 bits per heavy atom. The van der Waals surface area contributed by atoms with Crippen molar-refractivity contribution in [1.29, 1.82) is 0 Å². The number of nitrogens with zero attached hydrogens (tertiary/aromatic N) is 3. The van der Waals surface area contributed by atoms with Crippen molar-refractivity contribution in [2.45, 2.75) is 56.5 Å². The van der Waals surface area contributed by atoms with Crippen LogP contribution in [0.5, 0.6) is 0 Å². The molecular formula is C14H26N4O2S. The Labute approximate surface area is 127 Å². The molecule has 7 heteroatoms. The number of nitrogens with two attached hydrogens (primary N) is 1. The summed E-state index contributed by atoms with van der Waals surface area (Å²) < 4.78 is 28.5. The van der Waals surface area contributed by atoms with Crippen LogP contribution in [0.4, 0.5) is 0 Å². The van der Waals surface area contributed by atoms with Crippen molar-refractivity contribution in [3.05, 3.63) is 12.4 Å². The van der Waals surface area contributed by atoms with Gasteiger partial charge in [0.15, 0.2) is 0 Å². The van der Waals surface area contributed by atoms with Crippen molar-refractivity contribution in [1.82, 2.24) is 14.1 Å². The van der Waals surface area contributed by atoms with Crippen molar-refractivity contribution >= 4 is 10.0 Å². The van der Waals surface area contributed by atoms with Crippen LogP contribution in [-0.2, 0) is 16.6 Å². The molecule has 0 aromatic carbocycles. The topological polar surface area (TPSA) is 81.2 Å². The minimum Gasteiger partial charge on any atom is -0.330 e. The van der Waals surface area contributed by atoms with Crippen molar-refractivity contribution in [2.24, 2.45) is 11.7 Å². The molecule has 0 atom stereocenters. The summed E-state index contributed by atoms with van der Waals surface area (Å²) in [7, 11) is -1.75. The van der Waals surface area contributed by atoms with E-state index < -0.39 is 10.0 Å². The zero-order valence-corrected chi connectivity index (χ0v) is 13.7. The lowest BCUT2D eigenvalue weighted by Crippen LogP contribution is -2.39. The van der Waals surface area contributed by atoms with E-state index in [1.54, 1.807) is 17.9 Å². The third kappa shape index (κ3) is 3.84. The predicted molar refractivity (Wildman–Crippen MR) is 82.3 cm³/mol. The number of aromatic nitrogens is 2. The lowest BCUT2D eigenvalue weighted by Gasteiger charge is -2.32. The third-order valence-electron chi connectivity index (χ3n) is 4.38. The summed E-state index contributed by atoms with van der Waals surface area (Å²) >= 11 is 0. The molecule has 1 aromatic rings. The molecule has 0 amide bonds. The number of hydrogen-bond donors (Lipinski definition) is 1. The van der Waals surface area contributed by atoms with Gasteiger partial charge < -0.3 is 5.73 Å². The molecular weight excluding hydrogens is 288 g/mol. The molecule has 1 aromatic heterocycles. The van der Waals surface area contributed by atoms with Crippen LogP contribution in [0.2, 0.25) is 0 Å². The number of hydrogen-bond acceptors (Lipinski definition) is 4. The standard InChI is InChI=1S/C14H26N4O2S/c1-12-4-6-13(7-5-12)17(2)21(19,20)14-10-16-18(11-14)9-3-8-15/h10-13H,3-9,15H2,1-2H3. The minimum absolute atomic E-state index is 0.110. The quantitative estimate of drug-likeness (QED) is 0.861. The highest BCUT2D eigenvalue weighted by Gasteiger charge is 2.31. The molecule has 0 saturated heterocycles. The highest BCUT2D eigenvalue weighted by Crippen LogP contribution is 2.29. The van der Waals surface area contributed by atoms with Crippen LogP contribution in [-0.4, -0.2) is 42.1 Å². The average molecular weight is 314 g/mol. The van der Waals surface area contributed by atoms with Gasteiger partial charge in [-0.1, -0.05) is 6.92 Å². The van der Waals surface area contributed by atoms with Crippen LogP contribution < -0.4 is 5.73 Å². The van der Waals surface area contributed by atoms with Gasteiger partial charge in [-0.25, -0.2) is 8.42 Å². The molecule has 0 spiro atoms. The van der Waals surface area contributed by atoms with E-state index in [4.69, 9.17) is 5.73 Å². The first-order valence-corrected chi connectivity index (χ1v) is 9.09. The zero-order valence-electron chi connectivity index (χ0n) is 12.9. The Kier molecular flexibility index (Phi) is 5.40. The van der Waals surface area contributed by atoms with E-state index in [-0.39, 0.29) is 10.9 Å². The van der Waals surface area contributed by atoms with E-state index in [0.717, 1.165) is 32.1 Å². The lowest BCUT2D eigenvalue weighted by atomic mass is 9.87. The molecule has 0 aliphatic heterocycles. The largest absolute Gasteiger partial charge is 0.330 e. The van der Waals surface area contributed by atoms with Gasteiger partial charge >= 0.3 is 0 Å². The Morgan fingerprint density at radius 3 is 2.67 bits per heavy atom. The summed E-state index contributed by atoms with van der Waals surface area (Å²) in [6.07, 6.45) is 7.91. The molecule has 1 aliphatic carbocycles. The van der Waals surface area contributed by atoms with Crippen LogP contribution in [0, 0.1) is 5.92 Å². The minimum atomic E-state index is -3.44. The van der Waals surface area contributed by atoms with Crippen molar-refractivity contribution in [3.63, 3.8) is 0 Å². The van der Waals surface area contributed by atoms with Gasteiger partial charge in [-0.15, -0.1) is 0 Å². The molecule has 2 N–H and O–H groups in total. The fourth-order valence-corrected chi connectivity index (χ4v) is 4.19. The van der Waals surface area contributed by atoms with Gasteiger partial charge in [0.1, 0.15) is 4.90 Å². The van der Waals surface area contributed by atoms with Crippen molar-refractivity contribution in [3.8, 4) is 0 Å². The molecule has 21 heavy (non-hydrogen) atoms. The van der Waals surface area contributed by atoms with E-state index in [0.29, 0.717) is 19.0 Å². The van der Waals surface area contributed by atoms with E-state index >= 15 is 0 Å². The summed E-state index contributed by atoms with van der Waals surface area (Å²) in [5.41, 5.74) is 5.46. The maximum atomic E-state index is 12.6. The first kappa shape index (κ1) is 16.5. The molecule has 1 saturated carbocycles. The van der Waals surface area contributed by atoms with Gasteiger partial charge in [-0.3, -0.25) is 4.68 Å². The maximum Gasteiger partial charge on any atom is 0.246 e. The Bertz CT molecular complexity index is 547. The lowest BCUT2D eigenvalue weighted by molar-refractivity contribution is 0.246. The van der Waals surface area contributed by atoms with Gasteiger partial charge in [0.05, 0.1) is 6.20 Å². The maximum absolute atomic E-state index is 12.6. The summed E-state index contributed by atoms with van der Waals surface area (Å²) in [5.74, 6) is 0.705. The van der Waals surface area contributed by atoms with E-state index in [1.807, 2.05) is 0 Å². The second-order valence-corrected chi connectivity index (χ2v) is 8.01. The normalized spacial score (nSPS) is 23.6. The Balaban J connectivity index is 2.07. The smallest absolute Gasteiger partial charge is 0.246 e. The van der Waals surface area contributed by atoms with Crippen molar-refractivity contribution < 1.29 is 8.42 Å². The molecule has 1 heterocycles. The molecule has 0 bridgehead atoms. The zero-order chi connectivity index (χ0) is 15.5.